The third kappa shape index (κ3) is 2.80. The molecule has 1 aromatic carbocycles. The van der Waals surface area contributed by atoms with Crippen LogP contribution in [0.3, 0.4) is 0 Å². The molecule has 1 atom stereocenters. The monoisotopic (exact) mass is 243 g/mol. The zero-order valence-corrected chi connectivity index (χ0v) is 10.7. The van der Waals surface area contributed by atoms with Crippen LogP contribution in [0.2, 0.25) is 0 Å². The van der Waals surface area contributed by atoms with Gasteiger partial charge in [-0.15, -0.1) is 0 Å². The van der Waals surface area contributed by atoms with Crippen molar-refractivity contribution >= 4 is 5.97 Å². The van der Waals surface area contributed by atoms with Crippen molar-refractivity contribution in [3.8, 4) is 0 Å². The number of hydrogen-bond acceptors (Lipinski definition) is 2. The largest absolute Gasteiger partial charge is 0.467 e. The van der Waals surface area contributed by atoms with Gasteiger partial charge in [-0.25, -0.2) is 4.79 Å². The molecule has 94 valence electrons. The first kappa shape index (κ1) is 12.4. The van der Waals surface area contributed by atoms with Gasteiger partial charge in [-0.3, -0.25) is 0 Å². The molecule has 0 amide bonds. The highest BCUT2D eigenvalue weighted by molar-refractivity contribution is 5.74. The molecule has 2 aromatic rings. The van der Waals surface area contributed by atoms with E-state index in [1.807, 2.05) is 36.0 Å². The summed E-state index contributed by atoms with van der Waals surface area (Å²) in [6.07, 6.45) is 4.41. The van der Waals surface area contributed by atoms with Crippen LogP contribution in [0.15, 0.2) is 48.8 Å². The number of carbonyl (C=O) groups is 1. The highest BCUT2D eigenvalue weighted by atomic mass is 16.5. The quantitative estimate of drug-likeness (QED) is 0.773. The van der Waals surface area contributed by atoms with Gasteiger partial charge in [-0.1, -0.05) is 29.8 Å². The molecule has 0 aliphatic carbocycles. The highest BCUT2D eigenvalue weighted by Gasteiger charge is 2.20. The lowest BCUT2D eigenvalue weighted by Crippen LogP contribution is -2.22. The molecule has 0 saturated heterocycles. The van der Waals surface area contributed by atoms with Crippen molar-refractivity contribution in [2.24, 2.45) is 0 Å². The van der Waals surface area contributed by atoms with Crippen LogP contribution in [0.5, 0.6) is 0 Å². The molecule has 2 rings (SSSR count). The molecule has 0 N–H and O–H groups in total. The molecule has 0 unspecified atom stereocenters. The molecule has 3 nitrogen and oxygen atoms in total. The third-order valence-corrected chi connectivity index (χ3v) is 3.01. The zero-order valence-electron chi connectivity index (χ0n) is 10.7. The Morgan fingerprint density at radius 1 is 1.22 bits per heavy atom. The van der Waals surface area contributed by atoms with Crippen LogP contribution < -0.4 is 0 Å². The number of esters is 1. The fourth-order valence-corrected chi connectivity index (χ4v) is 1.95. The lowest BCUT2D eigenvalue weighted by molar-refractivity contribution is -0.144. The van der Waals surface area contributed by atoms with Crippen molar-refractivity contribution in [2.45, 2.75) is 19.4 Å². The van der Waals surface area contributed by atoms with E-state index < -0.39 is 0 Å². The predicted octanol–water partition coefficient (Wildman–Crippen LogP) is 2.75. The summed E-state index contributed by atoms with van der Waals surface area (Å²) in [7, 11) is 1.42. The predicted molar refractivity (Wildman–Crippen MR) is 70.4 cm³/mol. The van der Waals surface area contributed by atoms with Crippen LogP contribution in [0.1, 0.15) is 17.2 Å². The van der Waals surface area contributed by atoms with E-state index >= 15 is 0 Å². The number of ether oxygens (including phenoxy) is 1. The molecular weight excluding hydrogens is 226 g/mol. The Bertz CT molecular complexity index is 500. The first-order chi connectivity index (χ1) is 8.70. The minimum absolute atomic E-state index is 0.216. The fraction of sp³-hybridized carbons (Fsp3) is 0.267. The van der Waals surface area contributed by atoms with Gasteiger partial charge in [-0.2, -0.15) is 0 Å². The van der Waals surface area contributed by atoms with Crippen molar-refractivity contribution < 1.29 is 9.53 Å². The average Bonchev–Trinajstić information content (AvgIpc) is 2.91. The van der Waals surface area contributed by atoms with Gasteiger partial charge in [0.25, 0.3) is 0 Å². The maximum Gasteiger partial charge on any atom is 0.329 e. The molecule has 0 aliphatic rings. The third-order valence-electron chi connectivity index (χ3n) is 3.01. The van der Waals surface area contributed by atoms with Crippen molar-refractivity contribution in [3.63, 3.8) is 0 Å². The topological polar surface area (TPSA) is 31.2 Å². The summed E-state index contributed by atoms with van der Waals surface area (Å²) in [5.74, 6) is -0.216. The summed E-state index contributed by atoms with van der Waals surface area (Å²) in [5.41, 5.74) is 2.35. The van der Waals surface area contributed by atoms with Crippen LogP contribution >= 0.6 is 0 Å². The molecule has 0 bridgehead atoms. The van der Waals surface area contributed by atoms with E-state index in [4.69, 9.17) is 4.74 Å². The lowest BCUT2D eigenvalue weighted by Gasteiger charge is -2.16. The Labute approximate surface area is 107 Å². The van der Waals surface area contributed by atoms with Gasteiger partial charge >= 0.3 is 5.97 Å². The van der Waals surface area contributed by atoms with Gasteiger partial charge in [0.05, 0.1) is 7.11 Å². The number of aromatic nitrogens is 1. The number of carbonyl (C=O) groups excluding carboxylic acids is 1. The molecule has 3 heteroatoms. The number of methoxy groups -OCH3 is 1. The van der Waals surface area contributed by atoms with Crippen molar-refractivity contribution in [1.82, 2.24) is 4.57 Å². The van der Waals surface area contributed by atoms with Gasteiger partial charge in [0.1, 0.15) is 6.04 Å². The molecular formula is C15H17NO2. The van der Waals surface area contributed by atoms with Crippen LogP contribution in [0.25, 0.3) is 0 Å². The molecule has 1 heterocycles. The van der Waals surface area contributed by atoms with Crippen LogP contribution in [0.4, 0.5) is 0 Å². The maximum absolute atomic E-state index is 11.8. The summed E-state index contributed by atoms with van der Waals surface area (Å²) < 4.78 is 6.75. The molecule has 0 aliphatic heterocycles. The van der Waals surface area contributed by atoms with E-state index in [1.54, 1.807) is 0 Å². The van der Waals surface area contributed by atoms with Gasteiger partial charge in [0.15, 0.2) is 0 Å². The Kier molecular flexibility index (Phi) is 3.82. The standard InChI is InChI=1S/C15H17NO2/c1-12-5-7-13(8-6-12)11-14(15(17)18-2)16-9-3-4-10-16/h3-10,14H,11H2,1-2H3/t14-/m0/s1. The molecule has 0 saturated carbocycles. The number of aryl methyl sites for hydroxylation is 1. The number of benzene rings is 1. The average molecular weight is 243 g/mol. The molecule has 0 radical (unpaired) electrons. The summed E-state index contributed by atoms with van der Waals surface area (Å²) in [4.78, 5) is 11.8. The first-order valence-electron chi connectivity index (χ1n) is 5.96. The van der Waals surface area contributed by atoms with Crippen molar-refractivity contribution in [2.75, 3.05) is 7.11 Å². The van der Waals surface area contributed by atoms with Crippen LogP contribution in [-0.4, -0.2) is 17.6 Å². The molecule has 1 aromatic heterocycles. The normalized spacial score (nSPS) is 12.1. The van der Waals surface area contributed by atoms with Crippen molar-refractivity contribution in [3.05, 3.63) is 59.9 Å². The Balaban J connectivity index is 2.20. The SMILES string of the molecule is COC(=O)[C@H](Cc1ccc(C)cc1)n1cccc1. The second-order valence-corrected chi connectivity index (χ2v) is 4.36. The highest BCUT2D eigenvalue weighted by Crippen LogP contribution is 2.17. The minimum Gasteiger partial charge on any atom is -0.467 e. The van der Waals surface area contributed by atoms with E-state index in [2.05, 4.69) is 24.3 Å². The smallest absolute Gasteiger partial charge is 0.329 e. The number of hydrogen-bond donors (Lipinski definition) is 0. The van der Waals surface area contributed by atoms with E-state index in [9.17, 15) is 4.79 Å². The second-order valence-electron chi connectivity index (χ2n) is 4.36. The Morgan fingerprint density at radius 3 is 2.39 bits per heavy atom. The summed E-state index contributed by atoms with van der Waals surface area (Å²) >= 11 is 0. The summed E-state index contributed by atoms with van der Waals surface area (Å²) in [5, 5.41) is 0. The van der Waals surface area contributed by atoms with Gasteiger partial charge in [-0.05, 0) is 24.6 Å². The van der Waals surface area contributed by atoms with Crippen LogP contribution in [-0.2, 0) is 16.0 Å². The molecule has 0 spiro atoms. The Hall–Kier alpha value is -2.03. The van der Waals surface area contributed by atoms with Gasteiger partial charge in [0.2, 0.25) is 0 Å². The fourth-order valence-electron chi connectivity index (χ4n) is 1.95. The molecule has 18 heavy (non-hydrogen) atoms. The van der Waals surface area contributed by atoms with Gasteiger partial charge in [0, 0.05) is 18.8 Å². The summed E-state index contributed by atoms with van der Waals surface area (Å²) in [6, 6.07) is 11.7. The van der Waals surface area contributed by atoms with E-state index in [0.29, 0.717) is 6.42 Å². The Morgan fingerprint density at radius 2 is 1.83 bits per heavy atom. The first-order valence-corrected chi connectivity index (χ1v) is 5.96. The van der Waals surface area contributed by atoms with Crippen molar-refractivity contribution in [1.29, 1.82) is 0 Å². The summed E-state index contributed by atoms with van der Waals surface area (Å²) in [6.45, 7) is 2.05. The van der Waals surface area contributed by atoms with E-state index in [1.165, 1.54) is 12.7 Å². The maximum atomic E-state index is 11.8. The minimum atomic E-state index is -0.298. The van der Waals surface area contributed by atoms with Gasteiger partial charge < -0.3 is 9.30 Å². The molecule has 0 fully saturated rings. The number of nitrogens with zero attached hydrogens (tertiary/aromatic N) is 1. The van der Waals surface area contributed by atoms with E-state index in [0.717, 1.165) is 5.56 Å². The number of rotatable bonds is 4. The zero-order chi connectivity index (χ0) is 13.0. The van der Waals surface area contributed by atoms with E-state index in [-0.39, 0.29) is 12.0 Å². The van der Waals surface area contributed by atoms with Crippen LogP contribution in [0, 0.1) is 6.92 Å². The second kappa shape index (κ2) is 5.54. The lowest BCUT2D eigenvalue weighted by atomic mass is 10.0.